The van der Waals surface area contributed by atoms with Gasteiger partial charge in [-0.1, -0.05) is 0 Å². The number of nitro groups is 1. The predicted octanol–water partition coefficient (Wildman–Crippen LogP) is 3.61. The molecule has 0 atom stereocenters. The van der Waals surface area contributed by atoms with Crippen LogP contribution >= 0.6 is 11.3 Å². The van der Waals surface area contributed by atoms with Crippen LogP contribution in [-0.4, -0.2) is 20.0 Å². The molecule has 0 amide bonds. The minimum Gasteiger partial charge on any atom is -0.493 e. The van der Waals surface area contributed by atoms with Gasteiger partial charge >= 0.3 is 5.69 Å². The number of benzene rings is 1. The molecule has 0 saturated heterocycles. The van der Waals surface area contributed by atoms with Gasteiger partial charge in [-0.3, -0.25) is 15.1 Å². The Morgan fingerprint density at radius 3 is 2.82 bits per heavy atom. The van der Waals surface area contributed by atoms with E-state index in [1.807, 2.05) is 0 Å². The van der Waals surface area contributed by atoms with E-state index in [0.717, 1.165) is 0 Å². The summed E-state index contributed by atoms with van der Waals surface area (Å²) in [5.74, 6) is 0.408. The normalized spacial score (nSPS) is 10.4. The summed E-state index contributed by atoms with van der Waals surface area (Å²) in [5, 5.41) is 22.5. The first-order valence-electron chi connectivity index (χ1n) is 6.14. The molecule has 22 heavy (non-hydrogen) atoms. The number of pyridine rings is 1. The van der Waals surface area contributed by atoms with Crippen LogP contribution in [0.1, 0.15) is 0 Å². The van der Waals surface area contributed by atoms with Crippen molar-refractivity contribution in [1.82, 2.24) is 9.97 Å². The Labute approximate surface area is 128 Å². The summed E-state index contributed by atoms with van der Waals surface area (Å²) in [4.78, 5) is 18.5. The summed E-state index contributed by atoms with van der Waals surface area (Å²) in [7, 11) is 0. The maximum Gasteiger partial charge on any atom is 0.312 e. The van der Waals surface area contributed by atoms with E-state index in [1.165, 1.54) is 35.0 Å². The average Bonchev–Trinajstić information content (AvgIpc) is 2.95. The minimum absolute atomic E-state index is 0.113. The Kier molecular flexibility index (Phi) is 3.67. The summed E-state index contributed by atoms with van der Waals surface area (Å²) in [6.45, 7) is 0. The number of aromatic nitrogens is 2. The van der Waals surface area contributed by atoms with Crippen LogP contribution < -0.4 is 4.74 Å². The smallest absolute Gasteiger partial charge is 0.312 e. The molecule has 0 radical (unpaired) electrons. The molecule has 0 spiro atoms. The van der Waals surface area contributed by atoms with Crippen molar-refractivity contribution < 1.29 is 14.8 Å². The molecule has 2 aromatic heterocycles. The van der Waals surface area contributed by atoms with Gasteiger partial charge in [0.25, 0.3) is 0 Å². The van der Waals surface area contributed by atoms with E-state index < -0.39 is 4.92 Å². The van der Waals surface area contributed by atoms with Crippen molar-refractivity contribution >= 4 is 17.0 Å². The third kappa shape index (κ3) is 2.86. The van der Waals surface area contributed by atoms with Gasteiger partial charge in [-0.05, 0) is 24.3 Å². The fourth-order valence-electron chi connectivity index (χ4n) is 1.81. The summed E-state index contributed by atoms with van der Waals surface area (Å²) in [6.07, 6.45) is 3.05. The Morgan fingerprint density at radius 1 is 1.32 bits per heavy atom. The zero-order valence-corrected chi connectivity index (χ0v) is 11.9. The average molecular weight is 315 g/mol. The molecule has 0 bridgehead atoms. The van der Waals surface area contributed by atoms with Crippen LogP contribution in [0.4, 0.5) is 5.69 Å². The molecule has 0 aliphatic carbocycles. The second-order valence-electron chi connectivity index (χ2n) is 4.24. The number of thiazole rings is 1. The van der Waals surface area contributed by atoms with Crippen molar-refractivity contribution in [3.8, 4) is 28.0 Å². The monoisotopic (exact) mass is 315 g/mol. The SMILES string of the molecule is O=[N+]([O-])c1cc(-c2nc(O)cs2)ccc1Oc1cccnc1. The molecule has 2 heterocycles. The fourth-order valence-corrected chi connectivity index (χ4v) is 2.49. The number of rotatable bonds is 4. The van der Waals surface area contributed by atoms with Gasteiger partial charge in [0.2, 0.25) is 11.6 Å². The first kappa shape index (κ1) is 14.0. The molecule has 1 N–H and O–H groups in total. The third-order valence-electron chi connectivity index (χ3n) is 2.76. The van der Waals surface area contributed by atoms with Gasteiger partial charge in [-0.25, -0.2) is 4.98 Å². The summed E-state index contributed by atoms with van der Waals surface area (Å²) in [6, 6.07) is 7.84. The van der Waals surface area contributed by atoms with Gasteiger partial charge in [0.15, 0.2) is 0 Å². The van der Waals surface area contributed by atoms with Gasteiger partial charge in [0.05, 0.1) is 16.5 Å². The second-order valence-corrected chi connectivity index (χ2v) is 5.10. The van der Waals surface area contributed by atoms with Crippen LogP contribution in [-0.2, 0) is 0 Å². The summed E-state index contributed by atoms with van der Waals surface area (Å²) >= 11 is 1.20. The predicted molar refractivity (Wildman–Crippen MR) is 80.2 cm³/mol. The van der Waals surface area contributed by atoms with E-state index in [0.29, 0.717) is 16.3 Å². The minimum atomic E-state index is -0.525. The number of nitrogens with zero attached hydrogens (tertiary/aromatic N) is 3. The van der Waals surface area contributed by atoms with Crippen LogP contribution in [0.5, 0.6) is 17.4 Å². The van der Waals surface area contributed by atoms with Crippen LogP contribution in [0.3, 0.4) is 0 Å². The van der Waals surface area contributed by atoms with E-state index in [-0.39, 0.29) is 17.3 Å². The zero-order chi connectivity index (χ0) is 15.5. The Bertz CT molecular complexity index is 820. The van der Waals surface area contributed by atoms with E-state index >= 15 is 0 Å². The van der Waals surface area contributed by atoms with Crippen LogP contribution in [0.2, 0.25) is 0 Å². The van der Waals surface area contributed by atoms with Crippen molar-refractivity contribution in [1.29, 1.82) is 0 Å². The largest absolute Gasteiger partial charge is 0.493 e. The van der Waals surface area contributed by atoms with Crippen molar-refractivity contribution in [3.63, 3.8) is 0 Å². The first-order chi connectivity index (χ1) is 10.6. The maximum atomic E-state index is 11.2. The van der Waals surface area contributed by atoms with Crippen molar-refractivity contribution in [2.75, 3.05) is 0 Å². The maximum absolute atomic E-state index is 11.2. The number of nitro benzene ring substituents is 1. The molecule has 0 unspecified atom stereocenters. The topological polar surface area (TPSA) is 98.4 Å². The van der Waals surface area contributed by atoms with Gasteiger partial charge in [-0.15, -0.1) is 11.3 Å². The number of aromatic hydroxyl groups is 1. The van der Waals surface area contributed by atoms with E-state index in [2.05, 4.69) is 9.97 Å². The van der Waals surface area contributed by atoms with Gasteiger partial charge in [0, 0.05) is 17.8 Å². The lowest BCUT2D eigenvalue weighted by Gasteiger charge is -2.06. The van der Waals surface area contributed by atoms with Crippen molar-refractivity contribution in [2.24, 2.45) is 0 Å². The van der Waals surface area contributed by atoms with Crippen molar-refractivity contribution in [3.05, 3.63) is 58.2 Å². The molecule has 0 aliphatic rings. The van der Waals surface area contributed by atoms with E-state index in [9.17, 15) is 15.2 Å². The molecule has 3 rings (SSSR count). The molecule has 0 aliphatic heterocycles. The molecule has 8 heteroatoms. The Morgan fingerprint density at radius 2 is 2.18 bits per heavy atom. The fraction of sp³-hybridized carbons (Fsp3) is 0. The lowest BCUT2D eigenvalue weighted by molar-refractivity contribution is -0.385. The first-order valence-corrected chi connectivity index (χ1v) is 7.02. The molecular formula is C14H9N3O4S. The lowest BCUT2D eigenvalue weighted by Crippen LogP contribution is -1.94. The third-order valence-corrected chi connectivity index (χ3v) is 3.64. The quantitative estimate of drug-likeness (QED) is 0.583. The second kappa shape index (κ2) is 5.78. The Hall–Kier alpha value is -3.00. The van der Waals surface area contributed by atoms with Gasteiger partial charge < -0.3 is 9.84 Å². The van der Waals surface area contributed by atoms with Crippen LogP contribution in [0.25, 0.3) is 10.6 Å². The zero-order valence-electron chi connectivity index (χ0n) is 11.0. The molecule has 1 aromatic carbocycles. The van der Waals surface area contributed by atoms with Crippen LogP contribution in [0, 0.1) is 10.1 Å². The molecule has 0 fully saturated rings. The highest BCUT2D eigenvalue weighted by Gasteiger charge is 2.18. The number of hydrogen-bond acceptors (Lipinski definition) is 7. The highest BCUT2D eigenvalue weighted by Crippen LogP contribution is 2.36. The standard InChI is InChI=1S/C14H9N3O4S/c18-13-8-22-14(16-13)9-3-4-12(11(6-9)17(19)20)21-10-2-1-5-15-7-10/h1-8,18H. The molecular weight excluding hydrogens is 306 g/mol. The molecule has 3 aromatic rings. The summed E-state index contributed by atoms with van der Waals surface area (Å²) in [5.41, 5.74) is 0.353. The number of ether oxygens (including phenoxy) is 1. The van der Waals surface area contributed by atoms with Crippen molar-refractivity contribution in [2.45, 2.75) is 0 Å². The number of hydrogen-bond donors (Lipinski definition) is 1. The van der Waals surface area contributed by atoms with E-state index in [1.54, 1.807) is 24.4 Å². The molecule has 7 nitrogen and oxygen atoms in total. The highest BCUT2D eigenvalue weighted by atomic mass is 32.1. The Balaban J connectivity index is 1.99. The molecule has 110 valence electrons. The van der Waals surface area contributed by atoms with Gasteiger partial charge in [-0.2, -0.15) is 0 Å². The van der Waals surface area contributed by atoms with E-state index in [4.69, 9.17) is 4.74 Å². The van der Waals surface area contributed by atoms with Crippen LogP contribution in [0.15, 0.2) is 48.1 Å². The van der Waals surface area contributed by atoms with Gasteiger partial charge in [0.1, 0.15) is 10.8 Å². The lowest BCUT2D eigenvalue weighted by atomic mass is 10.2. The highest BCUT2D eigenvalue weighted by molar-refractivity contribution is 7.13. The molecule has 0 saturated carbocycles. The summed E-state index contributed by atoms with van der Waals surface area (Å²) < 4.78 is 5.50.